The largest absolute Gasteiger partial charge is 0.490 e. The van der Waals surface area contributed by atoms with Crippen LogP contribution in [0.25, 0.3) is 6.08 Å². The molecule has 2 aliphatic rings. The van der Waals surface area contributed by atoms with Crippen molar-refractivity contribution in [3.05, 3.63) is 74.8 Å². The third kappa shape index (κ3) is 5.21. The second-order valence-corrected chi connectivity index (χ2v) is 10.0. The Morgan fingerprint density at radius 3 is 2.56 bits per heavy atom. The molecule has 2 aliphatic heterocycles. The molecule has 0 fully saturated rings. The summed E-state index contributed by atoms with van der Waals surface area (Å²) in [6.07, 6.45) is 3.43. The van der Waals surface area contributed by atoms with Gasteiger partial charge in [-0.25, -0.2) is 0 Å². The molecule has 1 N–H and O–H groups in total. The van der Waals surface area contributed by atoms with Crippen LogP contribution in [-0.2, 0) is 4.79 Å². The van der Waals surface area contributed by atoms with Crippen molar-refractivity contribution in [2.24, 2.45) is 4.99 Å². The minimum atomic E-state index is -0.433. The second-order valence-electron chi connectivity index (χ2n) is 8.40. The molecular formula is C26H26ClN3O3S. The Kier molecular flexibility index (Phi) is 7.14. The number of amides is 1. The van der Waals surface area contributed by atoms with Crippen LogP contribution in [0.3, 0.4) is 0 Å². The fourth-order valence-electron chi connectivity index (χ4n) is 3.64. The fourth-order valence-corrected chi connectivity index (χ4v) is 4.70. The van der Waals surface area contributed by atoms with E-state index in [-0.39, 0.29) is 11.4 Å². The third-order valence-corrected chi connectivity index (χ3v) is 6.54. The molecule has 2 aromatic rings. The van der Waals surface area contributed by atoms with Gasteiger partial charge in [-0.05, 0) is 60.7 Å². The molecular weight excluding hydrogens is 470 g/mol. The minimum Gasteiger partial charge on any atom is -0.490 e. The highest BCUT2D eigenvalue weighted by molar-refractivity contribution is 8.17. The summed E-state index contributed by atoms with van der Waals surface area (Å²) in [6, 6.07) is 11.5. The predicted molar refractivity (Wildman–Crippen MR) is 139 cm³/mol. The number of hydrogen-bond acceptors (Lipinski definition) is 5. The SMILES string of the molecule is CC1=CN2C(=N)/C(=C/c3ccc(OCCOc4cc(C)ccc4C(C)C)c(Cl)c3)C(=O)N=C2S1. The highest BCUT2D eigenvalue weighted by Gasteiger charge is 2.32. The maximum Gasteiger partial charge on any atom is 0.283 e. The molecule has 2 heterocycles. The van der Waals surface area contributed by atoms with Crippen molar-refractivity contribution in [2.45, 2.75) is 33.6 Å². The molecule has 0 aliphatic carbocycles. The van der Waals surface area contributed by atoms with Crippen molar-refractivity contribution in [1.29, 1.82) is 5.41 Å². The van der Waals surface area contributed by atoms with Gasteiger partial charge in [-0.1, -0.05) is 55.4 Å². The van der Waals surface area contributed by atoms with E-state index in [2.05, 4.69) is 31.0 Å². The molecule has 4 rings (SSSR count). The van der Waals surface area contributed by atoms with Crippen molar-refractivity contribution in [2.75, 3.05) is 13.2 Å². The molecule has 8 heteroatoms. The summed E-state index contributed by atoms with van der Waals surface area (Å²) in [7, 11) is 0. The van der Waals surface area contributed by atoms with Crippen molar-refractivity contribution in [1.82, 2.24) is 4.90 Å². The highest BCUT2D eigenvalue weighted by Crippen LogP contribution is 2.33. The lowest BCUT2D eigenvalue weighted by Crippen LogP contribution is -2.35. The Bertz CT molecular complexity index is 1250. The average molecular weight is 496 g/mol. The average Bonchev–Trinajstić information content (AvgIpc) is 3.15. The Hall–Kier alpha value is -3.03. The van der Waals surface area contributed by atoms with Crippen LogP contribution in [0, 0.1) is 12.3 Å². The Labute approximate surface area is 208 Å². The van der Waals surface area contributed by atoms with Gasteiger partial charge in [0.15, 0.2) is 5.17 Å². The van der Waals surface area contributed by atoms with Crippen LogP contribution in [0.1, 0.15) is 43.4 Å². The van der Waals surface area contributed by atoms with E-state index in [9.17, 15) is 4.79 Å². The van der Waals surface area contributed by atoms with Gasteiger partial charge in [0.25, 0.3) is 5.91 Å². The molecule has 34 heavy (non-hydrogen) atoms. The first-order valence-corrected chi connectivity index (χ1v) is 12.2. The molecule has 0 atom stereocenters. The quantitative estimate of drug-likeness (QED) is 0.355. The van der Waals surface area contributed by atoms with Gasteiger partial charge < -0.3 is 9.47 Å². The zero-order valence-corrected chi connectivity index (χ0v) is 21.1. The maximum absolute atomic E-state index is 12.5. The fraction of sp³-hybridized carbons (Fsp3) is 0.269. The summed E-state index contributed by atoms with van der Waals surface area (Å²) in [4.78, 5) is 19.1. The van der Waals surface area contributed by atoms with Crippen LogP contribution in [0.4, 0.5) is 0 Å². The number of allylic oxidation sites excluding steroid dienone is 1. The van der Waals surface area contributed by atoms with Gasteiger partial charge >= 0.3 is 0 Å². The zero-order chi connectivity index (χ0) is 24.4. The van der Waals surface area contributed by atoms with E-state index in [4.69, 9.17) is 26.5 Å². The zero-order valence-electron chi connectivity index (χ0n) is 19.5. The van der Waals surface area contributed by atoms with Crippen molar-refractivity contribution in [3.63, 3.8) is 0 Å². The summed E-state index contributed by atoms with van der Waals surface area (Å²) in [6.45, 7) is 8.96. The van der Waals surface area contributed by atoms with E-state index in [1.54, 1.807) is 35.4 Å². The molecule has 176 valence electrons. The molecule has 6 nitrogen and oxygen atoms in total. The molecule has 2 aromatic carbocycles. The van der Waals surface area contributed by atoms with Crippen LogP contribution < -0.4 is 9.47 Å². The van der Waals surface area contributed by atoms with E-state index in [0.717, 1.165) is 16.2 Å². The number of aliphatic imine (C=N–C) groups is 1. The number of halogens is 1. The summed E-state index contributed by atoms with van der Waals surface area (Å²) in [5.41, 5.74) is 3.22. The van der Waals surface area contributed by atoms with E-state index < -0.39 is 5.91 Å². The number of amidine groups is 2. The topological polar surface area (TPSA) is 75.0 Å². The van der Waals surface area contributed by atoms with E-state index in [1.165, 1.54) is 17.3 Å². The Balaban J connectivity index is 1.40. The summed E-state index contributed by atoms with van der Waals surface area (Å²) in [5, 5.41) is 9.33. The van der Waals surface area contributed by atoms with Crippen LogP contribution >= 0.6 is 23.4 Å². The molecule has 0 saturated heterocycles. The van der Waals surface area contributed by atoms with Crippen molar-refractivity contribution in [3.8, 4) is 11.5 Å². The number of hydrogen-bond donors (Lipinski definition) is 1. The number of benzene rings is 2. The van der Waals surface area contributed by atoms with E-state index >= 15 is 0 Å². The molecule has 0 radical (unpaired) electrons. The molecule has 0 unspecified atom stereocenters. The number of nitrogens with one attached hydrogen (secondary N) is 1. The highest BCUT2D eigenvalue weighted by atomic mass is 35.5. The number of rotatable bonds is 7. The van der Waals surface area contributed by atoms with Crippen molar-refractivity contribution >= 4 is 46.3 Å². The lowest BCUT2D eigenvalue weighted by atomic mass is 10.0. The normalized spacial score (nSPS) is 16.6. The number of carbonyl (C=O) groups excluding carboxylic acids is 1. The van der Waals surface area contributed by atoms with Gasteiger partial charge in [0, 0.05) is 11.1 Å². The first-order chi connectivity index (χ1) is 16.2. The van der Waals surface area contributed by atoms with Gasteiger partial charge in [-0.3, -0.25) is 15.1 Å². The van der Waals surface area contributed by atoms with E-state index in [0.29, 0.717) is 40.6 Å². The Morgan fingerprint density at radius 1 is 1.12 bits per heavy atom. The molecule has 0 aromatic heterocycles. The lowest BCUT2D eigenvalue weighted by Gasteiger charge is -2.22. The number of fused-ring (bicyclic) bond motifs is 1. The van der Waals surface area contributed by atoms with E-state index in [1.807, 2.05) is 19.9 Å². The van der Waals surface area contributed by atoms with Crippen LogP contribution in [0.5, 0.6) is 11.5 Å². The van der Waals surface area contributed by atoms with Gasteiger partial charge in [-0.15, -0.1) is 0 Å². The summed E-state index contributed by atoms with van der Waals surface area (Å²) in [5.74, 6) is 1.44. The minimum absolute atomic E-state index is 0.102. The number of thioether (sulfide) groups is 1. The summed E-state index contributed by atoms with van der Waals surface area (Å²) < 4.78 is 11.8. The maximum atomic E-state index is 12.5. The number of aryl methyl sites for hydroxylation is 1. The third-order valence-electron chi connectivity index (χ3n) is 5.35. The number of ether oxygens (including phenoxy) is 2. The monoisotopic (exact) mass is 495 g/mol. The second kappa shape index (κ2) is 10.1. The molecule has 0 bridgehead atoms. The summed E-state index contributed by atoms with van der Waals surface area (Å²) >= 11 is 7.81. The first-order valence-electron chi connectivity index (χ1n) is 11.0. The van der Waals surface area contributed by atoms with Crippen molar-refractivity contribution < 1.29 is 14.3 Å². The molecule has 0 spiro atoms. The van der Waals surface area contributed by atoms with Crippen LogP contribution in [0.2, 0.25) is 5.02 Å². The smallest absolute Gasteiger partial charge is 0.283 e. The predicted octanol–water partition coefficient (Wildman–Crippen LogP) is 6.40. The standard InChI is InChI=1S/C26H26ClN3O3S/c1-15(2)19-7-5-16(3)11-23(19)33-10-9-32-22-8-6-18(13-21(22)27)12-20-24(28)30-14-17(4)34-26(30)29-25(20)31/h5-8,11-15,28H,9-10H2,1-4H3/b20-12-,28-24?. The molecule has 1 amide bonds. The molecule has 0 saturated carbocycles. The van der Waals surface area contributed by atoms with Gasteiger partial charge in [-0.2, -0.15) is 4.99 Å². The number of carbonyl (C=O) groups is 1. The van der Waals surface area contributed by atoms with Gasteiger partial charge in [0.05, 0.1) is 10.6 Å². The van der Waals surface area contributed by atoms with Gasteiger partial charge in [0.2, 0.25) is 0 Å². The van der Waals surface area contributed by atoms with Crippen LogP contribution in [-0.4, -0.2) is 35.0 Å². The lowest BCUT2D eigenvalue weighted by molar-refractivity contribution is -0.114. The Morgan fingerprint density at radius 2 is 1.85 bits per heavy atom. The van der Waals surface area contributed by atoms with Crippen LogP contribution in [0.15, 0.2) is 58.1 Å². The number of nitrogens with zero attached hydrogens (tertiary/aromatic N) is 2. The van der Waals surface area contributed by atoms with Gasteiger partial charge in [0.1, 0.15) is 30.5 Å². The first kappa shape index (κ1) is 24.1.